The number of halogens is 2. The molecule has 6 heteroatoms. The lowest BCUT2D eigenvalue weighted by Gasteiger charge is -2.06. The number of aromatic nitrogens is 2. The zero-order valence-corrected chi connectivity index (χ0v) is 10.5. The molecule has 0 radical (unpaired) electrons. The van der Waals surface area contributed by atoms with Gasteiger partial charge in [-0.1, -0.05) is 11.6 Å². The minimum absolute atomic E-state index is 0.0586. The number of rotatable bonds is 3. The van der Waals surface area contributed by atoms with E-state index in [2.05, 4.69) is 5.10 Å². The molecule has 0 aliphatic rings. The number of carbonyl (C=O) groups excluding carboxylic acids is 1. The lowest BCUT2D eigenvalue weighted by Crippen LogP contribution is -2.10. The smallest absolute Gasteiger partial charge is 0.216 e. The van der Waals surface area contributed by atoms with E-state index in [0.717, 1.165) is 6.07 Å². The zero-order chi connectivity index (χ0) is 13.3. The van der Waals surface area contributed by atoms with Crippen molar-refractivity contribution in [2.45, 2.75) is 0 Å². The Balaban J connectivity index is 2.51. The number of hydrogen-bond donors (Lipinski definition) is 0. The summed E-state index contributed by atoms with van der Waals surface area (Å²) < 4.78 is 19.4. The summed E-state index contributed by atoms with van der Waals surface area (Å²) in [5, 5.41) is 3.99. The average molecular weight is 269 g/mol. The molecule has 0 atom stereocenters. The first kappa shape index (κ1) is 12.6. The molecule has 1 heterocycles. The van der Waals surface area contributed by atoms with Crippen molar-refractivity contribution in [3.8, 4) is 5.75 Å². The molecule has 0 saturated heterocycles. The number of nitrogens with zero attached hydrogens (tertiary/aromatic N) is 2. The quantitative estimate of drug-likeness (QED) is 0.803. The highest BCUT2D eigenvalue weighted by atomic mass is 35.5. The molecule has 0 fully saturated rings. The van der Waals surface area contributed by atoms with Crippen LogP contribution in [0.4, 0.5) is 4.39 Å². The molecule has 94 valence electrons. The van der Waals surface area contributed by atoms with Crippen molar-refractivity contribution in [2.75, 3.05) is 7.11 Å². The largest absolute Gasteiger partial charge is 0.493 e. The maximum atomic E-state index is 12.9. The number of aryl methyl sites for hydroxylation is 1. The first-order valence-corrected chi connectivity index (χ1v) is 5.48. The second-order valence-electron chi connectivity index (χ2n) is 3.64. The summed E-state index contributed by atoms with van der Waals surface area (Å²) in [4.78, 5) is 12.3. The van der Waals surface area contributed by atoms with Crippen LogP contribution in [-0.4, -0.2) is 22.7 Å². The van der Waals surface area contributed by atoms with Crippen molar-refractivity contribution in [1.29, 1.82) is 0 Å². The van der Waals surface area contributed by atoms with E-state index >= 15 is 0 Å². The van der Waals surface area contributed by atoms with Crippen LogP contribution >= 0.6 is 11.6 Å². The highest BCUT2D eigenvalue weighted by Gasteiger charge is 2.21. The Morgan fingerprint density at radius 2 is 2.22 bits per heavy atom. The van der Waals surface area contributed by atoms with Crippen LogP contribution in [0.5, 0.6) is 5.75 Å². The maximum Gasteiger partial charge on any atom is 0.216 e. The second kappa shape index (κ2) is 4.78. The van der Waals surface area contributed by atoms with Crippen molar-refractivity contribution in [2.24, 2.45) is 7.05 Å². The molecule has 2 aromatic rings. The van der Waals surface area contributed by atoms with Gasteiger partial charge >= 0.3 is 0 Å². The van der Waals surface area contributed by atoms with Crippen molar-refractivity contribution in [3.63, 3.8) is 0 Å². The van der Waals surface area contributed by atoms with Crippen LogP contribution in [0.3, 0.4) is 0 Å². The normalized spacial score (nSPS) is 10.4. The molecule has 0 spiro atoms. The Labute approximate surface area is 108 Å². The van der Waals surface area contributed by atoms with E-state index < -0.39 is 5.82 Å². The van der Waals surface area contributed by atoms with Crippen molar-refractivity contribution in [1.82, 2.24) is 9.78 Å². The van der Waals surface area contributed by atoms with E-state index in [1.165, 1.54) is 30.1 Å². The number of ketones is 1. The fourth-order valence-corrected chi connectivity index (χ4v) is 1.88. The van der Waals surface area contributed by atoms with Gasteiger partial charge in [-0.2, -0.15) is 5.10 Å². The number of carbonyl (C=O) groups is 1. The molecule has 1 aromatic heterocycles. The highest BCUT2D eigenvalue weighted by Crippen LogP contribution is 2.25. The van der Waals surface area contributed by atoms with E-state index in [-0.39, 0.29) is 22.1 Å². The Morgan fingerprint density at radius 3 is 2.83 bits per heavy atom. The fourth-order valence-electron chi connectivity index (χ4n) is 1.63. The number of hydrogen-bond acceptors (Lipinski definition) is 3. The van der Waals surface area contributed by atoms with Crippen molar-refractivity contribution >= 4 is 17.4 Å². The predicted molar refractivity (Wildman–Crippen MR) is 64.6 cm³/mol. The summed E-state index contributed by atoms with van der Waals surface area (Å²) in [5.74, 6) is -0.506. The molecule has 18 heavy (non-hydrogen) atoms. The number of benzene rings is 1. The standard InChI is InChI=1S/C12H10ClFN2O2/c1-16-11(10(18-2)6-15-16)12(17)8-4-3-7(14)5-9(8)13/h3-6H,1-2H3. The van der Waals surface area contributed by atoms with Gasteiger partial charge in [-0.25, -0.2) is 4.39 Å². The number of methoxy groups -OCH3 is 1. The van der Waals surface area contributed by atoms with Gasteiger partial charge in [0.2, 0.25) is 5.78 Å². The van der Waals surface area contributed by atoms with Gasteiger partial charge < -0.3 is 4.74 Å². The van der Waals surface area contributed by atoms with Crippen molar-refractivity contribution in [3.05, 3.63) is 46.5 Å². The molecular formula is C12H10ClFN2O2. The summed E-state index contributed by atoms with van der Waals surface area (Å²) in [6, 6.07) is 3.62. The Bertz CT molecular complexity index is 610. The molecule has 0 bridgehead atoms. The topological polar surface area (TPSA) is 44.1 Å². The predicted octanol–water partition coefficient (Wildman–Crippen LogP) is 2.45. The van der Waals surface area contributed by atoms with Crippen LogP contribution < -0.4 is 4.74 Å². The third kappa shape index (κ3) is 2.09. The third-order valence-corrected chi connectivity index (χ3v) is 2.83. The fraction of sp³-hybridized carbons (Fsp3) is 0.167. The van der Waals surface area contributed by atoms with E-state index in [0.29, 0.717) is 5.75 Å². The number of ether oxygens (including phenoxy) is 1. The van der Waals surface area contributed by atoms with Gasteiger partial charge in [-0.3, -0.25) is 9.48 Å². The van der Waals surface area contributed by atoms with Gasteiger partial charge in [0.15, 0.2) is 11.4 Å². The molecular weight excluding hydrogens is 259 g/mol. The summed E-state index contributed by atoms with van der Waals surface area (Å²) in [7, 11) is 3.06. The molecule has 0 N–H and O–H groups in total. The summed E-state index contributed by atoms with van der Waals surface area (Å²) in [6.07, 6.45) is 1.44. The minimum atomic E-state index is -0.492. The molecule has 1 aromatic carbocycles. The molecule has 0 amide bonds. The molecule has 0 aliphatic heterocycles. The summed E-state index contributed by atoms with van der Waals surface area (Å²) >= 11 is 5.86. The molecule has 2 rings (SSSR count). The average Bonchev–Trinajstić information content (AvgIpc) is 2.69. The molecule has 0 aliphatic carbocycles. The third-order valence-electron chi connectivity index (χ3n) is 2.52. The van der Waals surface area contributed by atoms with E-state index in [9.17, 15) is 9.18 Å². The lowest BCUT2D eigenvalue weighted by atomic mass is 10.1. The van der Waals surface area contributed by atoms with Gasteiger partial charge in [0.1, 0.15) is 5.82 Å². The van der Waals surface area contributed by atoms with Gasteiger partial charge in [-0.15, -0.1) is 0 Å². The monoisotopic (exact) mass is 268 g/mol. The van der Waals surface area contributed by atoms with Crippen LogP contribution in [-0.2, 0) is 7.05 Å². The summed E-state index contributed by atoms with van der Waals surface area (Å²) in [5.41, 5.74) is 0.478. The Kier molecular flexibility index (Phi) is 3.34. The Hall–Kier alpha value is -1.88. The molecule has 0 saturated carbocycles. The SMILES string of the molecule is COc1cnn(C)c1C(=O)c1ccc(F)cc1Cl. The zero-order valence-electron chi connectivity index (χ0n) is 9.78. The van der Waals surface area contributed by atoms with Crippen LogP contribution in [0, 0.1) is 5.82 Å². The Morgan fingerprint density at radius 1 is 1.50 bits per heavy atom. The van der Waals surface area contributed by atoms with Crippen LogP contribution in [0.2, 0.25) is 5.02 Å². The van der Waals surface area contributed by atoms with Gasteiger partial charge in [-0.05, 0) is 18.2 Å². The van der Waals surface area contributed by atoms with E-state index in [1.807, 2.05) is 0 Å². The van der Waals surface area contributed by atoms with Crippen LogP contribution in [0.25, 0.3) is 0 Å². The second-order valence-corrected chi connectivity index (χ2v) is 4.05. The summed E-state index contributed by atoms with van der Waals surface area (Å²) in [6.45, 7) is 0. The van der Waals surface area contributed by atoms with Gasteiger partial charge in [0.25, 0.3) is 0 Å². The first-order valence-electron chi connectivity index (χ1n) is 5.10. The van der Waals surface area contributed by atoms with Gasteiger partial charge in [0.05, 0.1) is 18.3 Å². The van der Waals surface area contributed by atoms with Crippen LogP contribution in [0.15, 0.2) is 24.4 Å². The molecule has 4 nitrogen and oxygen atoms in total. The highest BCUT2D eigenvalue weighted by molar-refractivity contribution is 6.35. The van der Waals surface area contributed by atoms with Crippen molar-refractivity contribution < 1.29 is 13.9 Å². The van der Waals surface area contributed by atoms with E-state index in [1.54, 1.807) is 7.05 Å². The molecule has 0 unspecified atom stereocenters. The van der Waals surface area contributed by atoms with Crippen LogP contribution in [0.1, 0.15) is 16.1 Å². The van der Waals surface area contributed by atoms with Gasteiger partial charge in [0, 0.05) is 12.6 Å². The van der Waals surface area contributed by atoms with E-state index in [4.69, 9.17) is 16.3 Å². The maximum absolute atomic E-state index is 12.9. The lowest BCUT2D eigenvalue weighted by molar-refractivity contribution is 0.102. The minimum Gasteiger partial charge on any atom is -0.493 e. The first-order chi connectivity index (χ1) is 8.54.